The molecule has 0 atom stereocenters. The largest absolute Gasteiger partial charge is 0.453 e. The van der Waals surface area contributed by atoms with E-state index in [9.17, 15) is 28.8 Å². The fraction of sp³-hybridized carbons (Fsp3) is 0.700. The summed E-state index contributed by atoms with van der Waals surface area (Å²) in [4.78, 5) is 68.8. The number of nitrogens with zero attached hydrogens (tertiary/aromatic N) is 4. The van der Waals surface area contributed by atoms with Crippen LogP contribution in [-0.4, -0.2) is 151 Å². The van der Waals surface area contributed by atoms with Crippen molar-refractivity contribution < 1.29 is 57.2 Å². The molecule has 24 nitrogen and oxygen atoms in total. The summed E-state index contributed by atoms with van der Waals surface area (Å²) in [6.45, 7) is 20.4. The Bertz CT molecular complexity index is 993. The van der Waals surface area contributed by atoms with Gasteiger partial charge in [0.1, 0.15) is 12.7 Å². The molecular weight excluding hydrogens is 841 g/mol. The highest BCUT2D eigenvalue weighted by atomic mass is 16.6. The van der Waals surface area contributed by atoms with Crippen molar-refractivity contribution in [1.29, 1.82) is 0 Å². The van der Waals surface area contributed by atoms with E-state index < -0.39 is 12.2 Å². The summed E-state index contributed by atoms with van der Waals surface area (Å²) in [5.74, 6) is 0. The third kappa shape index (κ3) is 106. The van der Waals surface area contributed by atoms with E-state index in [-0.39, 0.29) is 68.9 Å². The average molecular weight is 941 g/mol. The van der Waals surface area contributed by atoms with E-state index >= 15 is 0 Å². The van der Waals surface area contributed by atoms with Gasteiger partial charge >= 0.3 is 36.6 Å². The number of ether oxygens (including phenoxy) is 6. The van der Waals surface area contributed by atoms with Gasteiger partial charge < -0.3 is 72.6 Å². The first-order chi connectivity index (χ1) is 27.6. The molecule has 0 unspecified atom stereocenters. The molecule has 2 heterocycles. The lowest BCUT2D eigenvalue weighted by atomic mass is 10.8. The summed E-state index contributed by atoms with van der Waals surface area (Å²) in [6.07, 6.45) is 6.48. The highest BCUT2D eigenvalue weighted by Crippen LogP contribution is 1.87. The molecule has 24 heteroatoms. The number of amides is 4. The third-order valence-electron chi connectivity index (χ3n) is 3.81. The molecule has 0 aliphatic carbocycles. The van der Waals surface area contributed by atoms with Crippen LogP contribution in [0.3, 0.4) is 0 Å². The number of aromatic nitrogens is 4. The average Bonchev–Trinajstić information content (AvgIpc) is 3.97. The van der Waals surface area contributed by atoms with Crippen LogP contribution in [0.25, 0.3) is 0 Å². The molecule has 2 rings (SSSR count). The lowest BCUT2D eigenvalue weighted by molar-refractivity contribution is 0.171. The van der Waals surface area contributed by atoms with Crippen LogP contribution in [0.2, 0.25) is 0 Å². The SMILES string of the molecule is C.C.C.C.C.C.CCN.CCN.CCN.CCN.CCNC(=O)OC.CCNC(=O)OC.CCNC(=O)OC.CCNC(=O)OC.COC(=O)n1ccnc1.COC(=O)n1ccnc1. The second-order valence-electron chi connectivity index (χ2n) is 8.60. The van der Waals surface area contributed by atoms with Crippen molar-refractivity contribution in [3.63, 3.8) is 0 Å². The van der Waals surface area contributed by atoms with Gasteiger partial charge in [-0.1, -0.05) is 72.3 Å². The summed E-state index contributed by atoms with van der Waals surface area (Å²) in [7, 11) is 8.00. The van der Waals surface area contributed by atoms with Crippen LogP contribution >= 0.6 is 0 Å². The molecular formula is C40H100N12O12. The molecule has 0 bridgehead atoms. The van der Waals surface area contributed by atoms with Gasteiger partial charge in [-0.05, 0) is 53.9 Å². The predicted molar refractivity (Wildman–Crippen MR) is 264 cm³/mol. The molecule has 0 aliphatic rings. The van der Waals surface area contributed by atoms with Crippen molar-refractivity contribution in [2.75, 3.05) is 95.0 Å². The van der Waals surface area contributed by atoms with Crippen molar-refractivity contribution in [3.8, 4) is 0 Å². The molecule has 4 amide bonds. The molecule has 0 radical (unpaired) electrons. The quantitative estimate of drug-likeness (QED) is 0.160. The van der Waals surface area contributed by atoms with E-state index in [4.69, 9.17) is 22.9 Å². The normalized spacial score (nSPS) is 7.03. The Morgan fingerprint density at radius 1 is 0.406 bits per heavy atom. The molecule has 0 spiro atoms. The lowest BCUT2D eigenvalue weighted by Crippen LogP contribution is -2.21. The van der Waals surface area contributed by atoms with E-state index in [1.807, 2.05) is 55.4 Å². The second kappa shape index (κ2) is 92.5. The van der Waals surface area contributed by atoms with E-state index in [0.717, 1.165) is 26.2 Å². The molecule has 0 aromatic carbocycles. The van der Waals surface area contributed by atoms with Gasteiger partial charge in [0.15, 0.2) is 0 Å². The van der Waals surface area contributed by atoms with Gasteiger partial charge in [-0.2, -0.15) is 0 Å². The minimum absolute atomic E-state index is 0. The number of hydrogen-bond donors (Lipinski definition) is 8. The Hall–Kier alpha value is -5.72. The van der Waals surface area contributed by atoms with Gasteiger partial charge in [-0.15, -0.1) is 0 Å². The van der Waals surface area contributed by atoms with Crippen molar-refractivity contribution in [1.82, 2.24) is 40.4 Å². The number of nitrogens with two attached hydrogens (primary N) is 4. The minimum atomic E-state index is -0.424. The van der Waals surface area contributed by atoms with E-state index in [2.05, 4.69) is 59.7 Å². The molecule has 392 valence electrons. The smallest absolute Gasteiger partial charge is 0.418 e. The molecule has 0 aliphatic heterocycles. The van der Waals surface area contributed by atoms with Gasteiger partial charge in [0.05, 0.1) is 42.7 Å². The van der Waals surface area contributed by atoms with Crippen molar-refractivity contribution in [2.45, 2.75) is 99.9 Å². The fourth-order valence-electron chi connectivity index (χ4n) is 1.81. The number of carbonyl (C=O) groups is 6. The van der Waals surface area contributed by atoms with E-state index in [1.165, 1.54) is 89.2 Å². The zero-order chi connectivity index (χ0) is 47.0. The van der Waals surface area contributed by atoms with E-state index in [0.29, 0.717) is 26.2 Å². The Kier molecular flexibility index (Phi) is 141. The summed E-state index contributed by atoms with van der Waals surface area (Å²) < 4.78 is 28.2. The summed E-state index contributed by atoms with van der Waals surface area (Å²) >= 11 is 0. The zero-order valence-electron chi connectivity index (χ0n) is 37.1. The van der Waals surface area contributed by atoms with E-state index in [1.54, 1.807) is 0 Å². The monoisotopic (exact) mass is 941 g/mol. The van der Waals surface area contributed by atoms with Crippen molar-refractivity contribution in [2.24, 2.45) is 22.9 Å². The molecule has 0 saturated carbocycles. The van der Waals surface area contributed by atoms with Gasteiger partial charge in [0, 0.05) is 51.0 Å². The first-order valence-electron chi connectivity index (χ1n) is 17.8. The van der Waals surface area contributed by atoms with Crippen LogP contribution in [0, 0.1) is 0 Å². The fourth-order valence-corrected chi connectivity index (χ4v) is 1.81. The number of hydrogen-bond acceptors (Lipinski definition) is 18. The number of imidazole rings is 2. The number of nitrogens with one attached hydrogen (secondary N) is 4. The Morgan fingerprint density at radius 2 is 0.578 bits per heavy atom. The van der Waals surface area contributed by atoms with Gasteiger partial charge in [0.2, 0.25) is 0 Å². The van der Waals surface area contributed by atoms with Crippen LogP contribution in [0.5, 0.6) is 0 Å². The van der Waals surface area contributed by atoms with Crippen molar-refractivity contribution >= 4 is 36.6 Å². The summed E-state index contributed by atoms with van der Waals surface area (Å²) in [5, 5.41) is 9.74. The maximum absolute atomic E-state index is 10.6. The minimum Gasteiger partial charge on any atom is -0.453 e. The summed E-state index contributed by atoms with van der Waals surface area (Å²) in [6, 6.07) is 0. The number of carbonyl (C=O) groups excluding carboxylic acids is 6. The first kappa shape index (κ1) is 97.5. The second-order valence-corrected chi connectivity index (χ2v) is 8.60. The number of alkyl carbamates (subject to hydrolysis) is 4. The van der Waals surface area contributed by atoms with Crippen LogP contribution in [-0.2, 0) is 28.4 Å². The number of rotatable bonds is 4. The first-order valence-corrected chi connectivity index (χ1v) is 17.8. The third-order valence-corrected chi connectivity index (χ3v) is 3.81. The van der Waals surface area contributed by atoms with Crippen molar-refractivity contribution in [3.05, 3.63) is 37.4 Å². The van der Waals surface area contributed by atoms with Crippen LogP contribution in [0.4, 0.5) is 28.8 Å². The molecule has 2 aromatic rings. The van der Waals surface area contributed by atoms with Gasteiger partial charge in [0.25, 0.3) is 0 Å². The maximum atomic E-state index is 10.6. The summed E-state index contributed by atoms with van der Waals surface area (Å²) in [5.41, 5.74) is 19.4. The van der Waals surface area contributed by atoms with Gasteiger partial charge in [-0.25, -0.2) is 47.9 Å². The molecule has 0 saturated heterocycles. The topological polar surface area (TPSA) is 346 Å². The molecule has 64 heavy (non-hydrogen) atoms. The standard InChI is InChI=1S/2C5H6N2O2.4C4H9NO2.4C2H7N.6CH4/c2*1-9-5(8)7-3-2-6-4-7;4*1-3-5-4(6)7-2;4*1-2-3;;;;;;/h2*2-4H,1H3;4*3H2,1-2H3,(H,5,6);4*2-3H2,1H3;6*1H4. The van der Waals surface area contributed by atoms with Crippen LogP contribution in [0.15, 0.2) is 37.4 Å². The molecule has 12 N–H and O–H groups in total. The zero-order valence-corrected chi connectivity index (χ0v) is 37.1. The van der Waals surface area contributed by atoms with Crippen LogP contribution in [0.1, 0.15) is 99.9 Å². The Morgan fingerprint density at radius 3 is 0.656 bits per heavy atom. The number of methoxy groups -OCH3 is 6. The Labute approximate surface area is 388 Å². The molecule has 0 fully saturated rings. The van der Waals surface area contributed by atoms with Gasteiger partial charge in [-0.3, -0.25) is 0 Å². The predicted octanol–water partition coefficient (Wildman–Crippen LogP) is 6.12. The highest BCUT2D eigenvalue weighted by Gasteiger charge is 1.99. The molecule has 2 aromatic heterocycles. The highest BCUT2D eigenvalue weighted by molar-refractivity contribution is 5.70. The Balaban J connectivity index is -0.0000000366. The van der Waals surface area contributed by atoms with Crippen LogP contribution < -0.4 is 44.2 Å². The maximum Gasteiger partial charge on any atom is 0.418 e. The lowest BCUT2D eigenvalue weighted by Gasteiger charge is -1.95.